The number of benzene rings is 1. The molecular weight excluding hydrogens is 214 g/mol. The molecule has 0 radical (unpaired) electrons. The van der Waals surface area contributed by atoms with Crippen molar-refractivity contribution in [2.45, 2.75) is 18.2 Å². The quantitative estimate of drug-likeness (QED) is 0.812. The van der Waals surface area contributed by atoms with Crippen LogP contribution in [0.4, 0.5) is 0 Å². The van der Waals surface area contributed by atoms with Crippen molar-refractivity contribution in [3.8, 4) is 0 Å². The molecule has 0 aliphatic heterocycles. The minimum atomic E-state index is -1.34. The lowest BCUT2D eigenvalue weighted by atomic mass is 10.1. The highest BCUT2D eigenvalue weighted by Gasteiger charge is 2.11. The lowest BCUT2D eigenvalue weighted by molar-refractivity contribution is 0.0695. The monoisotopic (exact) mass is 227 g/mol. The molecule has 82 valence electrons. The molecule has 1 aromatic rings. The van der Waals surface area contributed by atoms with E-state index < -0.39 is 17.0 Å². The summed E-state index contributed by atoms with van der Waals surface area (Å²) in [5.74, 6) is -0.984. The summed E-state index contributed by atoms with van der Waals surface area (Å²) >= 11 is 0. The minimum absolute atomic E-state index is 0.221. The van der Waals surface area contributed by atoms with Crippen LogP contribution >= 0.6 is 0 Å². The average molecular weight is 227 g/mol. The predicted octanol–water partition coefficient (Wildman–Crippen LogP) is 1.19. The number of hydrogen-bond donors (Lipinski definition) is 2. The van der Waals surface area contributed by atoms with E-state index in [9.17, 15) is 9.00 Å². The lowest BCUT2D eigenvalue weighted by Crippen LogP contribution is -2.12. The molecule has 1 atom stereocenters. The molecule has 15 heavy (non-hydrogen) atoms. The van der Waals surface area contributed by atoms with Gasteiger partial charge in [-0.05, 0) is 31.2 Å². The van der Waals surface area contributed by atoms with Crippen molar-refractivity contribution in [1.29, 1.82) is 0 Å². The minimum Gasteiger partial charge on any atom is -0.478 e. The Morgan fingerprint density at radius 3 is 2.67 bits per heavy atom. The van der Waals surface area contributed by atoms with Crippen LogP contribution in [0.3, 0.4) is 0 Å². The van der Waals surface area contributed by atoms with Crippen LogP contribution in [0.2, 0.25) is 0 Å². The Kier molecular flexibility index (Phi) is 3.99. The second kappa shape index (κ2) is 5.04. The van der Waals surface area contributed by atoms with Crippen molar-refractivity contribution >= 4 is 17.0 Å². The van der Waals surface area contributed by atoms with E-state index in [4.69, 9.17) is 5.11 Å². The first-order valence-corrected chi connectivity index (χ1v) is 5.70. The molecule has 1 aromatic carbocycles. The highest BCUT2D eigenvalue weighted by Crippen LogP contribution is 2.15. The Labute approximate surface area is 90.9 Å². The van der Waals surface area contributed by atoms with Crippen molar-refractivity contribution in [2.24, 2.45) is 0 Å². The first kappa shape index (κ1) is 11.9. The highest BCUT2D eigenvalue weighted by atomic mass is 32.2. The summed E-state index contributed by atoms with van der Waals surface area (Å²) in [6, 6.07) is 4.83. The third kappa shape index (κ3) is 2.64. The molecule has 0 fully saturated rings. The zero-order valence-electron chi connectivity index (χ0n) is 8.61. The Morgan fingerprint density at radius 2 is 2.20 bits per heavy atom. The van der Waals surface area contributed by atoms with Crippen LogP contribution in [0, 0.1) is 0 Å². The van der Waals surface area contributed by atoms with Crippen LogP contribution in [0.15, 0.2) is 23.1 Å². The summed E-state index contributed by atoms with van der Waals surface area (Å²) in [7, 11) is 0.219. The van der Waals surface area contributed by atoms with E-state index in [1.165, 1.54) is 6.07 Å². The second-order valence-corrected chi connectivity index (χ2v) is 4.37. The summed E-state index contributed by atoms with van der Waals surface area (Å²) in [4.78, 5) is 11.4. The molecule has 0 bridgehead atoms. The highest BCUT2D eigenvalue weighted by molar-refractivity contribution is 7.83. The van der Waals surface area contributed by atoms with E-state index in [0.717, 1.165) is 5.56 Å². The van der Waals surface area contributed by atoms with Gasteiger partial charge in [0, 0.05) is 0 Å². The fraction of sp³-hybridized carbons (Fsp3) is 0.300. The van der Waals surface area contributed by atoms with Gasteiger partial charge in [0.1, 0.15) is 11.0 Å². The van der Waals surface area contributed by atoms with Gasteiger partial charge in [-0.3, -0.25) is 0 Å². The maximum absolute atomic E-state index is 11.4. The largest absolute Gasteiger partial charge is 0.478 e. The second-order valence-electron chi connectivity index (χ2n) is 2.95. The molecule has 0 saturated carbocycles. The molecule has 0 aliphatic carbocycles. The molecule has 0 saturated heterocycles. The van der Waals surface area contributed by atoms with Crippen molar-refractivity contribution in [2.75, 3.05) is 7.05 Å². The molecule has 0 aromatic heterocycles. The molecule has 0 aliphatic rings. The first-order chi connectivity index (χ1) is 7.10. The van der Waals surface area contributed by atoms with Crippen LogP contribution in [-0.4, -0.2) is 22.3 Å². The average Bonchev–Trinajstić information content (AvgIpc) is 2.27. The summed E-state index contributed by atoms with van der Waals surface area (Å²) in [5, 5.41) is 8.96. The summed E-state index contributed by atoms with van der Waals surface area (Å²) in [6.07, 6.45) is 0.647. The van der Waals surface area contributed by atoms with Crippen LogP contribution in [0.5, 0.6) is 0 Å². The first-order valence-electron chi connectivity index (χ1n) is 4.55. The van der Waals surface area contributed by atoms with Crippen LogP contribution in [0.1, 0.15) is 22.8 Å². The van der Waals surface area contributed by atoms with Gasteiger partial charge < -0.3 is 5.11 Å². The van der Waals surface area contributed by atoms with Gasteiger partial charge in [-0.2, -0.15) is 0 Å². The van der Waals surface area contributed by atoms with Gasteiger partial charge in [-0.1, -0.05) is 13.0 Å². The van der Waals surface area contributed by atoms with Crippen LogP contribution in [-0.2, 0) is 17.4 Å². The SMILES string of the molecule is CCc1ccc(S(=O)NC)cc1C(=O)O. The van der Waals surface area contributed by atoms with E-state index in [-0.39, 0.29) is 5.56 Å². The fourth-order valence-electron chi connectivity index (χ4n) is 1.30. The molecule has 0 amide bonds. The van der Waals surface area contributed by atoms with Gasteiger partial charge in [0.05, 0.1) is 10.5 Å². The topological polar surface area (TPSA) is 66.4 Å². The Morgan fingerprint density at radius 1 is 1.53 bits per heavy atom. The summed E-state index contributed by atoms with van der Waals surface area (Å²) in [6.45, 7) is 1.89. The van der Waals surface area contributed by atoms with Crippen LogP contribution in [0.25, 0.3) is 0 Å². The maximum atomic E-state index is 11.4. The zero-order chi connectivity index (χ0) is 11.4. The third-order valence-corrected chi connectivity index (χ3v) is 3.14. The third-order valence-electron chi connectivity index (χ3n) is 2.09. The van der Waals surface area contributed by atoms with E-state index in [1.807, 2.05) is 6.92 Å². The molecule has 1 unspecified atom stereocenters. The molecule has 4 nitrogen and oxygen atoms in total. The van der Waals surface area contributed by atoms with E-state index >= 15 is 0 Å². The number of rotatable bonds is 4. The van der Waals surface area contributed by atoms with Crippen molar-refractivity contribution < 1.29 is 14.1 Å². The van der Waals surface area contributed by atoms with Crippen LogP contribution < -0.4 is 4.72 Å². The molecule has 0 spiro atoms. The number of carboxylic acids is 1. The molecular formula is C10H13NO3S. The standard InChI is InChI=1S/C10H13NO3S/c1-3-7-4-5-8(15(14)11-2)6-9(7)10(12)13/h4-6,11H,3H2,1-2H3,(H,12,13). The van der Waals surface area contributed by atoms with E-state index in [2.05, 4.69) is 4.72 Å². The molecule has 5 heteroatoms. The Hall–Kier alpha value is -1.20. The molecule has 0 heterocycles. The van der Waals surface area contributed by atoms with Gasteiger partial charge >= 0.3 is 5.97 Å². The Bertz CT molecular complexity index is 404. The van der Waals surface area contributed by atoms with Gasteiger partial charge in [0.2, 0.25) is 0 Å². The van der Waals surface area contributed by atoms with Crippen molar-refractivity contribution in [1.82, 2.24) is 4.72 Å². The Balaban J connectivity index is 3.22. The summed E-state index contributed by atoms with van der Waals surface area (Å²) < 4.78 is 14.0. The lowest BCUT2D eigenvalue weighted by Gasteiger charge is -2.06. The van der Waals surface area contributed by atoms with Gasteiger partial charge in [0.15, 0.2) is 0 Å². The number of aromatic carboxylic acids is 1. The summed E-state index contributed by atoms with van der Waals surface area (Å²) in [5.41, 5.74) is 0.970. The molecule has 1 rings (SSSR count). The number of hydrogen-bond acceptors (Lipinski definition) is 2. The number of nitrogens with one attached hydrogen (secondary N) is 1. The van der Waals surface area contributed by atoms with E-state index in [1.54, 1.807) is 19.2 Å². The zero-order valence-corrected chi connectivity index (χ0v) is 9.43. The number of aryl methyl sites for hydroxylation is 1. The smallest absolute Gasteiger partial charge is 0.336 e. The van der Waals surface area contributed by atoms with Crippen molar-refractivity contribution in [3.05, 3.63) is 29.3 Å². The van der Waals surface area contributed by atoms with Gasteiger partial charge in [-0.15, -0.1) is 0 Å². The predicted molar refractivity (Wildman–Crippen MR) is 58.2 cm³/mol. The fourth-order valence-corrected chi connectivity index (χ4v) is 1.95. The molecule has 2 N–H and O–H groups in total. The van der Waals surface area contributed by atoms with Gasteiger partial charge in [0.25, 0.3) is 0 Å². The van der Waals surface area contributed by atoms with Crippen molar-refractivity contribution in [3.63, 3.8) is 0 Å². The van der Waals surface area contributed by atoms with Gasteiger partial charge in [-0.25, -0.2) is 13.7 Å². The normalized spacial score (nSPS) is 12.4. The number of carbonyl (C=O) groups is 1. The van der Waals surface area contributed by atoms with E-state index in [0.29, 0.717) is 11.3 Å². The number of carboxylic acid groups (broad SMARTS) is 1. The maximum Gasteiger partial charge on any atom is 0.336 e.